The van der Waals surface area contributed by atoms with Crippen molar-refractivity contribution in [2.45, 2.75) is 26.3 Å². The number of hydrogen-bond acceptors (Lipinski definition) is 3. The van der Waals surface area contributed by atoms with Crippen LogP contribution in [0.25, 0.3) is 0 Å². The Kier molecular flexibility index (Phi) is 8.43. The monoisotopic (exact) mass is 434 g/mol. The van der Waals surface area contributed by atoms with Gasteiger partial charge in [0.05, 0.1) is 19.1 Å². The maximum atomic E-state index is 11.8. The van der Waals surface area contributed by atoms with Gasteiger partial charge in [0.2, 0.25) is 0 Å². The quantitative estimate of drug-likeness (QED) is 0.341. The first-order chi connectivity index (χ1) is 10.7. The second kappa shape index (κ2) is 9.79. The molecule has 1 fully saturated rings. The number of nitrogens with one attached hydrogen (secondary N) is 1. The van der Waals surface area contributed by atoms with E-state index < -0.39 is 0 Å². The topological polar surface area (TPSA) is 58.9 Å². The zero-order valence-electron chi connectivity index (χ0n) is 14.1. The van der Waals surface area contributed by atoms with Crippen LogP contribution in [0.2, 0.25) is 0 Å². The first-order valence-electron chi connectivity index (χ1n) is 7.88. The molecule has 0 unspecified atom stereocenters. The molecular formula is C16H27IN4O2. The van der Waals surface area contributed by atoms with Gasteiger partial charge in [0, 0.05) is 39.1 Å². The van der Waals surface area contributed by atoms with Crippen molar-refractivity contribution in [3.05, 3.63) is 24.0 Å². The molecule has 6 nitrogen and oxygen atoms in total. The van der Waals surface area contributed by atoms with Crippen molar-refractivity contribution in [1.82, 2.24) is 14.8 Å². The van der Waals surface area contributed by atoms with Crippen LogP contribution >= 0.6 is 24.0 Å². The fraction of sp³-hybridized carbons (Fsp3) is 0.625. The number of halogens is 1. The zero-order chi connectivity index (χ0) is 15.9. The Morgan fingerprint density at radius 2 is 2.13 bits per heavy atom. The minimum atomic E-state index is -0.0612. The van der Waals surface area contributed by atoms with E-state index in [9.17, 15) is 4.79 Å². The summed E-state index contributed by atoms with van der Waals surface area (Å²) in [5.41, 5.74) is 1.21. The van der Waals surface area contributed by atoms with Gasteiger partial charge in [-0.25, -0.2) is 0 Å². The van der Waals surface area contributed by atoms with Crippen LogP contribution in [0.4, 0.5) is 0 Å². The lowest BCUT2D eigenvalue weighted by molar-refractivity contribution is -0.149. The molecule has 0 aliphatic carbocycles. The summed E-state index contributed by atoms with van der Waals surface area (Å²) >= 11 is 0. The van der Waals surface area contributed by atoms with E-state index >= 15 is 0 Å². The molecule has 1 aliphatic rings. The second-order valence-corrected chi connectivity index (χ2v) is 5.52. The zero-order valence-corrected chi connectivity index (χ0v) is 16.4. The number of hydrogen-bond donors (Lipinski definition) is 1. The number of aromatic nitrogens is 1. The highest BCUT2D eigenvalue weighted by molar-refractivity contribution is 14.0. The van der Waals surface area contributed by atoms with E-state index in [2.05, 4.69) is 25.8 Å². The predicted molar refractivity (Wildman–Crippen MR) is 102 cm³/mol. The molecule has 0 spiro atoms. The van der Waals surface area contributed by atoms with Gasteiger partial charge in [0.15, 0.2) is 5.96 Å². The van der Waals surface area contributed by atoms with Gasteiger partial charge in [0.1, 0.15) is 0 Å². The number of piperidine rings is 1. The molecule has 7 heteroatoms. The predicted octanol–water partition coefficient (Wildman–Crippen LogP) is 1.99. The van der Waals surface area contributed by atoms with E-state index in [0.29, 0.717) is 6.61 Å². The molecule has 0 radical (unpaired) electrons. The standard InChI is InChI=1S/C16H26N4O2.HI/c1-4-22-15(21)13-7-10-20(11-8-13)16(17-2)18-12-14-6-5-9-19(14)3;/h5-6,9,13H,4,7-8,10-12H2,1-3H3,(H,17,18);1H. The number of rotatable bonds is 4. The molecule has 23 heavy (non-hydrogen) atoms. The Bertz CT molecular complexity index is 522. The van der Waals surface area contributed by atoms with Crippen LogP contribution in [0.15, 0.2) is 23.3 Å². The van der Waals surface area contributed by atoms with Gasteiger partial charge in [0.25, 0.3) is 0 Å². The number of esters is 1. The first-order valence-corrected chi connectivity index (χ1v) is 7.88. The number of ether oxygens (including phenoxy) is 1. The summed E-state index contributed by atoms with van der Waals surface area (Å²) in [5, 5.41) is 3.39. The first kappa shape index (κ1) is 19.8. The van der Waals surface area contributed by atoms with Gasteiger partial charge in [-0.15, -0.1) is 24.0 Å². The van der Waals surface area contributed by atoms with Gasteiger partial charge < -0.3 is 19.5 Å². The number of aryl methyl sites for hydroxylation is 1. The fourth-order valence-corrected chi connectivity index (χ4v) is 2.77. The van der Waals surface area contributed by atoms with Crippen LogP contribution in [-0.2, 0) is 23.1 Å². The van der Waals surface area contributed by atoms with Crippen LogP contribution in [-0.4, -0.2) is 48.1 Å². The van der Waals surface area contributed by atoms with Gasteiger partial charge >= 0.3 is 5.97 Å². The molecular weight excluding hydrogens is 407 g/mol. The Morgan fingerprint density at radius 1 is 1.43 bits per heavy atom. The van der Waals surface area contributed by atoms with Gasteiger partial charge in [-0.05, 0) is 31.9 Å². The smallest absolute Gasteiger partial charge is 0.309 e. The molecule has 0 saturated carbocycles. The van der Waals surface area contributed by atoms with Crippen LogP contribution in [0.1, 0.15) is 25.5 Å². The summed E-state index contributed by atoms with van der Waals surface area (Å²) in [6, 6.07) is 4.12. The Hall–Kier alpha value is -1.25. The van der Waals surface area contributed by atoms with Gasteiger partial charge in [-0.2, -0.15) is 0 Å². The van der Waals surface area contributed by atoms with Crippen molar-refractivity contribution in [2.75, 3.05) is 26.7 Å². The molecule has 0 atom stereocenters. The van der Waals surface area contributed by atoms with Gasteiger partial charge in [-0.3, -0.25) is 9.79 Å². The summed E-state index contributed by atoms with van der Waals surface area (Å²) in [6.45, 7) is 4.71. The van der Waals surface area contributed by atoms with Crippen molar-refractivity contribution < 1.29 is 9.53 Å². The van der Waals surface area contributed by atoms with Crippen molar-refractivity contribution in [3.63, 3.8) is 0 Å². The Labute approximate surface area is 155 Å². The molecule has 0 amide bonds. The fourth-order valence-electron chi connectivity index (χ4n) is 2.77. The number of aliphatic imine (C=N–C) groups is 1. The highest BCUT2D eigenvalue weighted by Gasteiger charge is 2.27. The summed E-state index contributed by atoms with van der Waals surface area (Å²) in [4.78, 5) is 18.3. The molecule has 1 aromatic rings. The lowest BCUT2D eigenvalue weighted by Crippen LogP contribution is -2.46. The minimum Gasteiger partial charge on any atom is -0.466 e. The van der Waals surface area contributed by atoms with Crippen LogP contribution in [0.3, 0.4) is 0 Å². The van der Waals surface area contributed by atoms with Crippen molar-refractivity contribution >= 4 is 35.9 Å². The van der Waals surface area contributed by atoms with E-state index in [1.807, 2.05) is 26.2 Å². The number of carbonyl (C=O) groups excluding carboxylic acids is 1. The highest BCUT2D eigenvalue weighted by Crippen LogP contribution is 2.18. The number of carbonyl (C=O) groups is 1. The summed E-state index contributed by atoms with van der Waals surface area (Å²) in [7, 11) is 3.83. The molecule has 0 bridgehead atoms. The Balaban J connectivity index is 0.00000264. The second-order valence-electron chi connectivity index (χ2n) is 5.52. The SMILES string of the molecule is CCOC(=O)C1CCN(C(=NC)NCc2cccn2C)CC1.I. The number of likely N-dealkylation sites (tertiary alicyclic amines) is 1. The van der Waals surface area contributed by atoms with Crippen LogP contribution in [0.5, 0.6) is 0 Å². The molecule has 1 aromatic heterocycles. The van der Waals surface area contributed by atoms with Crippen molar-refractivity contribution in [2.24, 2.45) is 18.0 Å². The molecule has 1 aliphatic heterocycles. The average molecular weight is 434 g/mol. The third kappa shape index (κ3) is 5.40. The molecule has 1 N–H and O–H groups in total. The van der Waals surface area contributed by atoms with E-state index in [1.54, 1.807) is 7.05 Å². The molecule has 1 saturated heterocycles. The maximum absolute atomic E-state index is 11.8. The summed E-state index contributed by atoms with van der Waals surface area (Å²) < 4.78 is 7.20. The van der Waals surface area contributed by atoms with Crippen molar-refractivity contribution in [1.29, 1.82) is 0 Å². The maximum Gasteiger partial charge on any atom is 0.309 e. The van der Waals surface area contributed by atoms with Gasteiger partial charge in [-0.1, -0.05) is 0 Å². The van der Waals surface area contributed by atoms with E-state index in [0.717, 1.165) is 38.4 Å². The molecule has 130 valence electrons. The molecule has 2 heterocycles. The highest BCUT2D eigenvalue weighted by atomic mass is 127. The normalized spacial score (nSPS) is 16.0. The number of guanidine groups is 1. The van der Waals surface area contributed by atoms with E-state index in [-0.39, 0.29) is 35.9 Å². The molecule has 0 aromatic carbocycles. The number of nitrogens with zero attached hydrogens (tertiary/aromatic N) is 3. The summed E-state index contributed by atoms with van der Waals surface area (Å²) in [6.07, 6.45) is 3.68. The van der Waals surface area contributed by atoms with Crippen LogP contribution < -0.4 is 5.32 Å². The van der Waals surface area contributed by atoms with Crippen LogP contribution in [0, 0.1) is 5.92 Å². The average Bonchev–Trinajstić information content (AvgIpc) is 2.94. The van der Waals surface area contributed by atoms with E-state index in [4.69, 9.17) is 4.74 Å². The summed E-state index contributed by atoms with van der Waals surface area (Å²) in [5.74, 6) is 0.861. The lowest BCUT2D eigenvalue weighted by Gasteiger charge is -2.33. The third-order valence-corrected chi connectivity index (χ3v) is 4.11. The third-order valence-electron chi connectivity index (χ3n) is 4.11. The van der Waals surface area contributed by atoms with E-state index in [1.165, 1.54) is 5.69 Å². The van der Waals surface area contributed by atoms with Crippen molar-refractivity contribution in [3.8, 4) is 0 Å². The minimum absolute atomic E-state index is 0. The molecule has 2 rings (SSSR count). The largest absolute Gasteiger partial charge is 0.466 e. The lowest BCUT2D eigenvalue weighted by atomic mass is 9.97. The Morgan fingerprint density at radius 3 is 2.65 bits per heavy atom.